The molecule has 1 aromatic heterocycles. The van der Waals surface area contributed by atoms with Gasteiger partial charge in [0.1, 0.15) is 11.7 Å². The smallest absolute Gasteiger partial charge is 0.130 e. The lowest BCUT2D eigenvalue weighted by molar-refractivity contribution is 0.369. The number of anilines is 1. The molecule has 1 aromatic rings. The lowest BCUT2D eigenvalue weighted by Gasteiger charge is -2.27. The van der Waals surface area contributed by atoms with E-state index in [-0.39, 0.29) is 5.91 Å². The van der Waals surface area contributed by atoms with E-state index in [0.717, 1.165) is 11.3 Å². The second kappa shape index (κ2) is 6.06. The maximum absolute atomic E-state index is 6.03. The summed E-state index contributed by atoms with van der Waals surface area (Å²) < 4.78 is 1.69. The number of aryl methyl sites for hydroxylation is 1. The predicted molar refractivity (Wildman–Crippen MR) is 85.4 cm³/mol. The second-order valence-corrected chi connectivity index (χ2v) is 6.70. The second-order valence-electron chi connectivity index (χ2n) is 5.49. The molecule has 2 unspecified atom stereocenters. The molecule has 2 heterocycles. The molecule has 0 spiro atoms. The normalized spacial score (nSPS) is 25.1. The van der Waals surface area contributed by atoms with Crippen molar-refractivity contribution in [3.63, 3.8) is 0 Å². The van der Waals surface area contributed by atoms with Crippen molar-refractivity contribution in [1.82, 2.24) is 15.1 Å². The van der Waals surface area contributed by atoms with E-state index in [1.807, 2.05) is 7.05 Å². The van der Waals surface area contributed by atoms with Crippen LogP contribution in [0.5, 0.6) is 0 Å². The van der Waals surface area contributed by atoms with Crippen molar-refractivity contribution in [3.05, 3.63) is 23.7 Å². The topological polar surface area (TPSA) is 68.2 Å². The maximum Gasteiger partial charge on any atom is 0.130 e. The highest BCUT2D eigenvalue weighted by atomic mass is 31.1. The molecular formula is C14H22N5P. The number of nitrogens with two attached hydrogens (primary N) is 1. The van der Waals surface area contributed by atoms with Gasteiger partial charge in [-0.15, -0.1) is 0 Å². The molecule has 2 atom stereocenters. The Morgan fingerprint density at radius 3 is 2.85 bits per heavy atom. The van der Waals surface area contributed by atoms with Crippen LogP contribution in [0.3, 0.4) is 0 Å². The predicted octanol–water partition coefficient (Wildman–Crippen LogP) is 2.20. The third-order valence-electron chi connectivity index (χ3n) is 4.02. The first-order valence-corrected chi connectivity index (χ1v) is 8.44. The van der Waals surface area contributed by atoms with Crippen molar-refractivity contribution in [3.8, 4) is 0 Å². The molecule has 3 rings (SSSR count). The maximum atomic E-state index is 6.03. The monoisotopic (exact) mass is 291 g/mol. The summed E-state index contributed by atoms with van der Waals surface area (Å²) in [5.74, 6) is 3.09. The minimum Gasteiger partial charge on any atom is -0.383 e. The van der Waals surface area contributed by atoms with Crippen molar-refractivity contribution in [2.45, 2.75) is 44.1 Å². The summed E-state index contributed by atoms with van der Waals surface area (Å²) in [5.41, 5.74) is 7.91. The summed E-state index contributed by atoms with van der Waals surface area (Å²) in [6.07, 6.45) is 10.5. The highest BCUT2D eigenvalue weighted by Crippen LogP contribution is 2.29. The molecule has 3 N–H and O–H groups in total. The first kappa shape index (κ1) is 13.8. The fourth-order valence-electron chi connectivity index (χ4n) is 2.82. The van der Waals surface area contributed by atoms with Gasteiger partial charge in [0, 0.05) is 13.1 Å². The minimum absolute atomic E-state index is 0.206. The van der Waals surface area contributed by atoms with E-state index in [2.05, 4.69) is 22.3 Å². The van der Waals surface area contributed by atoms with E-state index in [4.69, 9.17) is 10.7 Å². The van der Waals surface area contributed by atoms with Gasteiger partial charge >= 0.3 is 0 Å². The fourth-order valence-corrected chi connectivity index (χ4v) is 3.80. The van der Waals surface area contributed by atoms with Crippen molar-refractivity contribution < 1.29 is 0 Å². The van der Waals surface area contributed by atoms with Gasteiger partial charge in [0.15, 0.2) is 0 Å². The van der Waals surface area contributed by atoms with Crippen molar-refractivity contribution in [2.24, 2.45) is 12.0 Å². The number of nitrogens with zero attached hydrogens (tertiary/aromatic N) is 3. The van der Waals surface area contributed by atoms with Crippen LogP contribution in [0.1, 0.15) is 37.7 Å². The van der Waals surface area contributed by atoms with E-state index >= 15 is 0 Å². The average Bonchev–Trinajstić information content (AvgIpc) is 2.80. The molecule has 6 heteroatoms. The van der Waals surface area contributed by atoms with Gasteiger partial charge < -0.3 is 5.73 Å². The first-order chi connectivity index (χ1) is 9.74. The van der Waals surface area contributed by atoms with E-state index in [1.165, 1.54) is 32.1 Å². The molecule has 0 amide bonds. The average molecular weight is 291 g/mol. The fraction of sp³-hybridized carbons (Fsp3) is 0.571. The Labute approximate surface area is 121 Å². The Bertz CT molecular complexity index is 528. The third-order valence-corrected chi connectivity index (χ3v) is 4.99. The highest BCUT2D eigenvalue weighted by Gasteiger charge is 2.20. The van der Waals surface area contributed by atoms with Crippen LogP contribution >= 0.6 is 8.58 Å². The van der Waals surface area contributed by atoms with Gasteiger partial charge in [-0.05, 0) is 18.9 Å². The molecule has 0 bridgehead atoms. The van der Waals surface area contributed by atoms with Gasteiger partial charge in [-0.3, -0.25) is 15.0 Å². The zero-order valence-corrected chi connectivity index (χ0v) is 12.8. The van der Waals surface area contributed by atoms with Crippen LogP contribution in [0, 0.1) is 0 Å². The molecule has 1 aliphatic heterocycles. The number of aromatic nitrogens is 2. The lowest BCUT2D eigenvalue weighted by Crippen LogP contribution is -2.37. The van der Waals surface area contributed by atoms with Crippen LogP contribution in [0.2, 0.25) is 0 Å². The van der Waals surface area contributed by atoms with Gasteiger partial charge in [-0.25, -0.2) is 0 Å². The van der Waals surface area contributed by atoms with Gasteiger partial charge in [-0.2, -0.15) is 5.10 Å². The summed E-state index contributed by atoms with van der Waals surface area (Å²) in [4.78, 5) is 4.82. The molecule has 0 aromatic carbocycles. The Hall–Kier alpha value is -1.19. The summed E-state index contributed by atoms with van der Waals surface area (Å²) in [6, 6.07) is 0.629. The van der Waals surface area contributed by atoms with Crippen LogP contribution in [0.15, 0.2) is 23.1 Å². The summed E-state index contributed by atoms with van der Waals surface area (Å²) in [7, 11) is 2.56. The van der Waals surface area contributed by atoms with Gasteiger partial charge in [-0.1, -0.05) is 33.7 Å². The largest absolute Gasteiger partial charge is 0.383 e. The molecule has 1 saturated carbocycles. The van der Waals surface area contributed by atoms with Crippen molar-refractivity contribution >= 4 is 20.1 Å². The summed E-state index contributed by atoms with van der Waals surface area (Å²) in [5, 5.41) is 7.88. The highest BCUT2D eigenvalue weighted by molar-refractivity contribution is 7.42. The minimum atomic E-state index is 0.206. The van der Waals surface area contributed by atoms with Crippen LogP contribution in [-0.4, -0.2) is 27.4 Å². The van der Waals surface area contributed by atoms with E-state index in [9.17, 15) is 0 Å². The number of allylic oxidation sites excluding steroid dienone is 1. The van der Waals surface area contributed by atoms with Crippen LogP contribution < -0.4 is 11.1 Å². The Morgan fingerprint density at radius 1 is 1.35 bits per heavy atom. The van der Waals surface area contributed by atoms with E-state index < -0.39 is 0 Å². The SMILES string of the molecule is Cn1ncc(C2=NC(NC3CCCCC3)PC=C2)c1N. The molecule has 1 aliphatic carbocycles. The molecule has 0 radical (unpaired) electrons. The zero-order chi connectivity index (χ0) is 13.9. The Kier molecular flexibility index (Phi) is 4.18. The summed E-state index contributed by atoms with van der Waals surface area (Å²) >= 11 is 0. The number of rotatable bonds is 3. The molecule has 2 aliphatic rings. The molecule has 20 heavy (non-hydrogen) atoms. The number of hydrogen-bond donors (Lipinski definition) is 2. The van der Waals surface area contributed by atoms with Crippen LogP contribution in [-0.2, 0) is 7.05 Å². The number of aliphatic imine (C=N–C) groups is 1. The van der Waals surface area contributed by atoms with Crippen molar-refractivity contribution in [2.75, 3.05) is 5.73 Å². The molecule has 108 valence electrons. The van der Waals surface area contributed by atoms with Gasteiger partial charge in [0.25, 0.3) is 0 Å². The summed E-state index contributed by atoms with van der Waals surface area (Å²) in [6.45, 7) is 0. The van der Waals surface area contributed by atoms with E-state index in [1.54, 1.807) is 10.9 Å². The van der Waals surface area contributed by atoms with Gasteiger partial charge in [0.05, 0.1) is 17.5 Å². The van der Waals surface area contributed by atoms with Gasteiger partial charge in [0.2, 0.25) is 0 Å². The zero-order valence-electron chi connectivity index (χ0n) is 11.8. The lowest BCUT2D eigenvalue weighted by atomic mass is 9.96. The molecule has 0 saturated heterocycles. The number of hydrogen-bond acceptors (Lipinski definition) is 4. The molecular weight excluding hydrogens is 269 g/mol. The molecule has 5 nitrogen and oxygen atoms in total. The molecule has 1 fully saturated rings. The first-order valence-electron chi connectivity index (χ1n) is 7.28. The quantitative estimate of drug-likeness (QED) is 0.839. The number of nitrogens with one attached hydrogen (secondary N) is 1. The Morgan fingerprint density at radius 2 is 2.15 bits per heavy atom. The number of nitrogen functional groups attached to an aromatic ring is 1. The van der Waals surface area contributed by atoms with Crippen LogP contribution in [0.4, 0.5) is 5.82 Å². The van der Waals surface area contributed by atoms with Crippen LogP contribution in [0.25, 0.3) is 0 Å². The van der Waals surface area contributed by atoms with Crippen molar-refractivity contribution in [1.29, 1.82) is 0 Å². The third kappa shape index (κ3) is 2.94. The van der Waals surface area contributed by atoms with E-state index in [0.29, 0.717) is 20.4 Å². The standard InChI is InChI=1S/C14H22N5P/c1-19-13(15)11(9-16-19)12-7-8-20-14(18-12)17-10-5-3-2-4-6-10/h7-10,14,17,20H,2-6,15H2,1H3. The Balaban J connectivity index is 1.71.